The van der Waals surface area contributed by atoms with Crippen molar-refractivity contribution in [2.45, 2.75) is 46.0 Å². The van der Waals surface area contributed by atoms with Crippen LogP contribution < -0.4 is 5.32 Å². The molecule has 0 spiro atoms. The lowest BCUT2D eigenvalue weighted by Gasteiger charge is -2.05. The van der Waals surface area contributed by atoms with Gasteiger partial charge in [0.05, 0.1) is 12.2 Å². The van der Waals surface area contributed by atoms with Crippen molar-refractivity contribution < 1.29 is 14.3 Å². The molecular weight excluding hydrogens is 286 g/mol. The first-order valence-corrected chi connectivity index (χ1v) is 7.97. The van der Waals surface area contributed by atoms with Crippen molar-refractivity contribution in [1.82, 2.24) is 0 Å². The van der Waals surface area contributed by atoms with E-state index in [0.717, 1.165) is 24.1 Å². The minimum atomic E-state index is -0.393. The maximum absolute atomic E-state index is 11.9. The summed E-state index contributed by atoms with van der Waals surface area (Å²) < 4.78 is 5.02. The molecule has 0 aliphatic carbocycles. The van der Waals surface area contributed by atoms with E-state index in [9.17, 15) is 9.59 Å². The van der Waals surface area contributed by atoms with E-state index in [0.29, 0.717) is 30.0 Å². The summed E-state index contributed by atoms with van der Waals surface area (Å²) in [7, 11) is 0. The van der Waals surface area contributed by atoms with E-state index in [1.807, 2.05) is 6.92 Å². The number of thiophene rings is 1. The number of amides is 1. The van der Waals surface area contributed by atoms with Crippen LogP contribution in [0.3, 0.4) is 0 Å². The largest absolute Gasteiger partial charge is 0.462 e. The Morgan fingerprint density at radius 3 is 2.76 bits per heavy atom. The number of rotatable bonds is 8. The average Bonchev–Trinajstić information content (AvgIpc) is 2.87. The van der Waals surface area contributed by atoms with Crippen LogP contribution in [-0.2, 0) is 16.0 Å². The van der Waals surface area contributed by atoms with Crippen LogP contribution in [0, 0.1) is 12.3 Å². The number of ether oxygens (including phenoxy) is 1. The molecule has 0 aliphatic heterocycles. The summed E-state index contributed by atoms with van der Waals surface area (Å²) in [4.78, 5) is 24.8. The molecule has 0 bridgehead atoms. The van der Waals surface area contributed by atoms with Crippen LogP contribution in [0.15, 0.2) is 6.07 Å². The Morgan fingerprint density at radius 2 is 2.14 bits per heavy atom. The number of esters is 1. The van der Waals surface area contributed by atoms with Crippen LogP contribution in [0.5, 0.6) is 0 Å². The summed E-state index contributed by atoms with van der Waals surface area (Å²) in [5.74, 6) is 2.06. The van der Waals surface area contributed by atoms with Crippen molar-refractivity contribution in [3.05, 3.63) is 16.5 Å². The van der Waals surface area contributed by atoms with Gasteiger partial charge in [-0.25, -0.2) is 4.79 Å². The Labute approximate surface area is 129 Å². The molecule has 1 aromatic heterocycles. The number of carbonyl (C=O) groups is 2. The van der Waals surface area contributed by atoms with Crippen molar-refractivity contribution in [2.75, 3.05) is 11.9 Å². The Hall–Kier alpha value is -1.80. The summed E-state index contributed by atoms with van der Waals surface area (Å²) in [6.45, 7) is 4.08. The van der Waals surface area contributed by atoms with Crippen LogP contribution in [0.4, 0.5) is 5.00 Å². The zero-order valence-electron chi connectivity index (χ0n) is 12.5. The van der Waals surface area contributed by atoms with E-state index < -0.39 is 5.97 Å². The lowest BCUT2D eigenvalue weighted by Crippen LogP contribution is -2.13. The molecule has 1 rings (SSSR count). The highest BCUT2D eigenvalue weighted by atomic mass is 32.1. The van der Waals surface area contributed by atoms with Gasteiger partial charge in [-0.3, -0.25) is 4.79 Å². The van der Waals surface area contributed by atoms with Crippen LogP contribution in [0.2, 0.25) is 0 Å². The molecule has 1 heterocycles. The first-order chi connectivity index (χ1) is 10.1. The molecule has 0 saturated carbocycles. The number of hydrogen-bond acceptors (Lipinski definition) is 4. The molecule has 0 atom stereocenters. The van der Waals surface area contributed by atoms with Gasteiger partial charge in [-0.05, 0) is 32.3 Å². The van der Waals surface area contributed by atoms with Gasteiger partial charge < -0.3 is 10.1 Å². The fraction of sp³-hybridized carbons (Fsp3) is 0.500. The molecular formula is C16H21NO3S. The molecule has 1 amide bonds. The molecule has 0 fully saturated rings. The average molecular weight is 307 g/mol. The standard InChI is InChI=1S/C16H21NO3S/c1-4-7-8-9-10-14(18)17-15-13(16(19)20-6-3)11-12(5-2)21-15/h1,11H,5-10H2,2-3H3,(H,17,18). The van der Waals surface area contributed by atoms with E-state index in [2.05, 4.69) is 11.2 Å². The van der Waals surface area contributed by atoms with Crippen molar-refractivity contribution in [1.29, 1.82) is 0 Å². The van der Waals surface area contributed by atoms with E-state index in [1.54, 1.807) is 13.0 Å². The number of hydrogen-bond donors (Lipinski definition) is 1. The molecule has 0 aliphatic rings. The van der Waals surface area contributed by atoms with Gasteiger partial charge in [0.15, 0.2) is 0 Å². The number of nitrogens with one attached hydrogen (secondary N) is 1. The summed E-state index contributed by atoms with van der Waals surface area (Å²) in [5.41, 5.74) is 0.440. The molecule has 0 unspecified atom stereocenters. The van der Waals surface area contributed by atoms with Gasteiger partial charge in [-0.15, -0.1) is 23.7 Å². The molecule has 0 saturated heterocycles. The molecule has 4 nitrogen and oxygen atoms in total. The van der Waals surface area contributed by atoms with Gasteiger partial charge >= 0.3 is 5.97 Å². The zero-order chi connectivity index (χ0) is 15.7. The summed E-state index contributed by atoms with van der Waals surface area (Å²) >= 11 is 1.42. The zero-order valence-corrected chi connectivity index (χ0v) is 13.3. The molecule has 1 aromatic rings. The van der Waals surface area contributed by atoms with Gasteiger partial charge in [-0.1, -0.05) is 6.92 Å². The molecule has 0 aromatic carbocycles. The summed E-state index contributed by atoms with van der Waals surface area (Å²) in [6, 6.07) is 1.79. The number of terminal acetylenes is 1. The van der Waals surface area contributed by atoms with Gasteiger partial charge in [0.25, 0.3) is 0 Å². The second-order valence-corrected chi connectivity index (χ2v) is 5.63. The maximum atomic E-state index is 11.9. The third kappa shape index (κ3) is 5.60. The summed E-state index contributed by atoms with van der Waals surface area (Å²) in [6.07, 6.45) is 8.65. The third-order valence-electron chi connectivity index (χ3n) is 2.85. The van der Waals surface area contributed by atoms with E-state index >= 15 is 0 Å². The van der Waals surface area contributed by atoms with Crippen LogP contribution >= 0.6 is 11.3 Å². The first kappa shape index (κ1) is 17.3. The minimum Gasteiger partial charge on any atom is -0.462 e. The van der Waals surface area contributed by atoms with E-state index in [1.165, 1.54) is 11.3 Å². The predicted molar refractivity (Wildman–Crippen MR) is 85.6 cm³/mol. The van der Waals surface area contributed by atoms with Crippen molar-refractivity contribution in [3.63, 3.8) is 0 Å². The first-order valence-electron chi connectivity index (χ1n) is 7.15. The Kier molecular flexibility index (Phi) is 7.55. The Balaban J connectivity index is 2.68. The minimum absolute atomic E-state index is 0.0953. The highest BCUT2D eigenvalue weighted by Crippen LogP contribution is 2.29. The lowest BCUT2D eigenvalue weighted by atomic mass is 10.2. The predicted octanol–water partition coefficient (Wildman–Crippen LogP) is 3.62. The summed E-state index contributed by atoms with van der Waals surface area (Å²) in [5, 5.41) is 3.38. The third-order valence-corrected chi connectivity index (χ3v) is 4.05. The quantitative estimate of drug-likeness (QED) is 0.453. The number of unbranched alkanes of at least 4 members (excludes halogenated alkanes) is 2. The van der Waals surface area contributed by atoms with Crippen LogP contribution in [0.25, 0.3) is 0 Å². The smallest absolute Gasteiger partial charge is 0.341 e. The van der Waals surface area contributed by atoms with E-state index in [-0.39, 0.29) is 5.91 Å². The van der Waals surface area contributed by atoms with Crippen LogP contribution in [0.1, 0.15) is 54.8 Å². The van der Waals surface area contributed by atoms with Gasteiger partial charge in [-0.2, -0.15) is 0 Å². The molecule has 0 radical (unpaired) electrons. The van der Waals surface area contributed by atoms with Gasteiger partial charge in [0.1, 0.15) is 5.00 Å². The lowest BCUT2D eigenvalue weighted by molar-refractivity contribution is -0.116. The van der Waals surface area contributed by atoms with Crippen molar-refractivity contribution in [2.24, 2.45) is 0 Å². The molecule has 114 valence electrons. The van der Waals surface area contributed by atoms with Crippen molar-refractivity contribution in [3.8, 4) is 12.3 Å². The fourth-order valence-electron chi connectivity index (χ4n) is 1.77. The van der Waals surface area contributed by atoms with Gasteiger partial charge in [0.2, 0.25) is 5.91 Å². The Bertz CT molecular complexity index is 528. The van der Waals surface area contributed by atoms with E-state index in [4.69, 9.17) is 11.2 Å². The SMILES string of the molecule is C#CCCCCC(=O)Nc1sc(CC)cc1C(=O)OCC. The number of aryl methyl sites for hydroxylation is 1. The second kappa shape index (κ2) is 9.19. The van der Waals surface area contributed by atoms with Crippen molar-refractivity contribution >= 4 is 28.2 Å². The van der Waals surface area contributed by atoms with Crippen LogP contribution in [-0.4, -0.2) is 18.5 Å². The molecule has 21 heavy (non-hydrogen) atoms. The fourth-order valence-corrected chi connectivity index (χ4v) is 2.77. The molecule has 5 heteroatoms. The Morgan fingerprint density at radius 1 is 1.38 bits per heavy atom. The van der Waals surface area contributed by atoms with Gasteiger partial charge in [0, 0.05) is 17.7 Å². The highest BCUT2D eigenvalue weighted by molar-refractivity contribution is 7.16. The maximum Gasteiger partial charge on any atom is 0.341 e. The number of carbonyl (C=O) groups excluding carboxylic acids is 2. The number of anilines is 1. The topological polar surface area (TPSA) is 55.4 Å². The second-order valence-electron chi connectivity index (χ2n) is 4.49. The molecule has 1 N–H and O–H groups in total. The monoisotopic (exact) mass is 307 g/mol. The normalized spacial score (nSPS) is 9.95. The highest BCUT2D eigenvalue weighted by Gasteiger charge is 2.18.